The zero-order valence-corrected chi connectivity index (χ0v) is 15.2. The van der Waals surface area contributed by atoms with Crippen LogP contribution in [0.4, 0.5) is 0 Å². The molecule has 5 nitrogen and oxygen atoms in total. The lowest BCUT2D eigenvalue weighted by molar-refractivity contribution is -0.129. The van der Waals surface area contributed by atoms with Crippen LogP contribution in [0, 0.1) is 0 Å². The number of carbonyl (C=O) groups excluding carboxylic acids is 1. The lowest BCUT2D eigenvalue weighted by atomic mass is 10.1. The smallest absolute Gasteiger partial charge is 0.240 e. The van der Waals surface area contributed by atoms with E-state index in [1.807, 2.05) is 52.7 Å². The van der Waals surface area contributed by atoms with Crippen molar-refractivity contribution in [2.24, 2.45) is 0 Å². The molecule has 1 fully saturated rings. The molecule has 1 atom stereocenters. The average Bonchev–Trinajstić information content (AvgIpc) is 3.42. The lowest BCUT2D eigenvalue weighted by Crippen LogP contribution is -2.31. The Morgan fingerprint density at radius 3 is 2.68 bits per heavy atom. The number of H-pyrrole nitrogens is 1. The molecule has 0 saturated carbocycles. The fourth-order valence-electron chi connectivity index (χ4n) is 2.92. The predicted octanol–water partition coefficient (Wildman–Crippen LogP) is 3.99. The number of benzene rings is 1. The van der Waals surface area contributed by atoms with Crippen molar-refractivity contribution in [2.75, 3.05) is 13.1 Å². The number of hydrogen-bond acceptors (Lipinski definition) is 5. The number of nitrogens with zero attached hydrogens (tertiary/aromatic N) is 3. The summed E-state index contributed by atoms with van der Waals surface area (Å²) in [6.07, 6.45) is 2.17. The zero-order chi connectivity index (χ0) is 17.1. The molecule has 0 unspecified atom stereocenters. The molecule has 1 amide bonds. The van der Waals surface area contributed by atoms with Gasteiger partial charge in [0.1, 0.15) is 5.25 Å². The third kappa shape index (κ3) is 3.62. The Hall–Kier alpha value is -2.12. The number of hydrogen-bond donors (Lipinski definition) is 1. The maximum absolute atomic E-state index is 13.0. The van der Waals surface area contributed by atoms with Crippen LogP contribution < -0.4 is 0 Å². The van der Waals surface area contributed by atoms with Gasteiger partial charge in [-0.2, -0.15) is 0 Å². The van der Waals surface area contributed by atoms with Crippen molar-refractivity contribution in [3.63, 3.8) is 0 Å². The molecular formula is C18H18N4OS2. The molecule has 25 heavy (non-hydrogen) atoms. The molecule has 1 saturated heterocycles. The van der Waals surface area contributed by atoms with Gasteiger partial charge in [0.15, 0.2) is 5.82 Å². The standard InChI is InChI=1S/C18H18N4OS2/c23-17(22-10-4-5-11-22)15(13-7-2-1-3-8-13)25-18-19-16(20-21-18)14-9-6-12-24-14/h1-3,6-9,12,15H,4-5,10-11H2,(H,19,20,21)/t15-/m1/s1. The first-order valence-electron chi connectivity index (χ1n) is 8.28. The SMILES string of the molecule is O=C([C@H](Sc1n[nH]c(-c2cccs2)n1)c1ccccc1)N1CCCC1. The van der Waals surface area contributed by atoms with Gasteiger partial charge in [0, 0.05) is 13.1 Å². The van der Waals surface area contributed by atoms with Crippen molar-refractivity contribution < 1.29 is 4.79 Å². The Bertz CT molecular complexity index is 826. The summed E-state index contributed by atoms with van der Waals surface area (Å²) < 4.78 is 0. The van der Waals surface area contributed by atoms with E-state index in [0.717, 1.165) is 42.2 Å². The van der Waals surface area contributed by atoms with Gasteiger partial charge in [-0.25, -0.2) is 4.98 Å². The Morgan fingerprint density at radius 1 is 1.16 bits per heavy atom. The molecule has 7 heteroatoms. The second kappa shape index (κ2) is 7.41. The summed E-state index contributed by atoms with van der Waals surface area (Å²) in [6.45, 7) is 1.69. The van der Waals surface area contributed by atoms with Crippen molar-refractivity contribution in [3.05, 3.63) is 53.4 Å². The Kier molecular flexibility index (Phi) is 4.85. The first kappa shape index (κ1) is 16.4. The number of carbonyl (C=O) groups is 1. The Labute approximate surface area is 154 Å². The van der Waals surface area contributed by atoms with Gasteiger partial charge in [0.2, 0.25) is 11.1 Å². The van der Waals surface area contributed by atoms with Gasteiger partial charge in [0.25, 0.3) is 0 Å². The quantitative estimate of drug-likeness (QED) is 0.690. The predicted molar refractivity (Wildman–Crippen MR) is 101 cm³/mol. The van der Waals surface area contributed by atoms with E-state index in [1.54, 1.807) is 11.3 Å². The van der Waals surface area contributed by atoms with Gasteiger partial charge in [0.05, 0.1) is 4.88 Å². The van der Waals surface area contributed by atoms with E-state index in [0.29, 0.717) is 5.16 Å². The average molecular weight is 371 g/mol. The molecule has 3 heterocycles. The lowest BCUT2D eigenvalue weighted by Gasteiger charge is -2.22. The van der Waals surface area contributed by atoms with E-state index in [4.69, 9.17) is 0 Å². The van der Waals surface area contributed by atoms with Gasteiger partial charge in [-0.05, 0) is 29.9 Å². The maximum atomic E-state index is 13.0. The van der Waals surface area contributed by atoms with Crippen LogP contribution in [0.2, 0.25) is 0 Å². The van der Waals surface area contributed by atoms with Crippen LogP contribution in [0.15, 0.2) is 53.0 Å². The number of rotatable bonds is 5. The Morgan fingerprint density at radius 2 is 1.96 bits per heavy atom. The zero-order valence-electron chi connectivity index (χ0n) is 13.6. The molecule has 2 aromatic heterocycles. The molecule has 0 aliphatic carbocycles. The highest BCUT2D eigenvalue weighted by atomic mass is 32.2. The summed E-state index contributed by atoms with van der Waals surface area (Å²) in [5.74, 6) is 0.897. The molecule has 0 radical (unpaired) electrons. The number of thioether (sulfide) groups is 1. The largest absolute Gasteiger partial charge is 0.341 e. The van der Waals surface area contributed by atoms with E-state index < -0.39 is 0 Å². The van der Waals surface area contributed by atoms with E-state index in [-0.39, 0.29) is 11.2 Å². The van der Waals surface area contributed by atoms with E-state index >= 15 is 0 Å². The van der Waals surface area contributed by atoms with Gasteiger partial charge >= 0.3 is 0 Å². The second-order valence-electron chi connectivity index (χ2n) is 5.88. The normalized spacial score (nSPS) is 15.4. The summed E-state index contributed by atoms with van der Waals surface area (Å²) in [4.78, 5) is 20.6. The molecule has 0 bridgehead atoms. The van der Waals surface area contributed by atoms with Gasteiger partial charge in [-0.1, -0.05) is 48.2 Å². The van der Waals surface area contributed by atoms with Gasteiger partial charge in [-0.3, -0.25) is 9.89 Å². The third-order valence-electron chi connectivity index (χ3n) is 4.19. The highest BCUT2D eigenvalue weighted by molar-refractivity contribution is 8.00. The fraction of sp³-hybridized carbons (Fsp3) is 0.278. The van der Waals surface area contributed by atoms with Crippen LogP contribution >= 0.6 is 23.1 Å². The second-order valence-corrected chi connectivity index (χ2v) is 7.90. The van der Waals surface area contributed by atoms with Crippen molar-refractivity contribution in [1.82, 2.24) is 20.1 Å². The molecule has 1 aliphatic rings. The van der Waals surface area contributed by atoms with Crippen molar-refractivity contribution in [1.29, 1.82) is 0 Å². The Balaban J connectivity index is 1.59. The maximum Gasteiger partial charge on any atom is 0.240 e. The third-order valence-corrected chi connectivity index (χ3v) is 6.17. The molecule has 1 aliphatic heterocycles. The van der Waals surface area contributed by atoms with Crippen LogP contribution in [-0.2, 0) is 4.79 Å². The molecular weight excluding hydrogens is 352 g/mol. The summed E-state index contributed by atoms with van der Waals surface area (Å²) >= 11 is 3.03. The molecule has 4 rings (SSSR count). The van der Waals surface area contributed by atoms with Crippen LogP contribution in [0.25, 0.3) is 10.7 Å². The highest BCUT2D eigenvalue weighted by Crippen LogP contribution is 2.36. The van der Waals surface area contributed by atoms with E-state index in [9.17, 15) is 4.79 Å². The van der Waals surface area contributed by atoms with Crippen LogP contribution in [0.1, 0.15) is 23.7 Å². The minimum Gasteiger partial charge on any atom is -0.341 e. The summed E-state index contributed by atoms with van der Waals surface area (Å²) in [6, 6.07) is 13.9. The number of thiophene rings is 1. The van der Waals surface area contributed by atoms with E-state index in [2.05, 4.69) is 15.2 Å². The van der Waals surface area contributed by atoms with Crippen LogP contribution in [0.3, 0.4) is 0 Å². The first-order chi connectivity index (χ1) is 12.3. The number of amides is 1. The molecule has 3 aromatic rings. The summed E-state index contributed by atoms with van der Waals surface area (Å²) in [7, 11) is 0. The summed E-state index contributed by atoms with van der Waals surface area (Å²) in [5.41, 5.74) is 0.992. The van der Waals surface area contributed by atoms with E-state index in [1.165, 1.54) is 11.8 Å². The molecule has 1 N–H and O–H groups in total. The van der Waals surface area contributed by atoms with Crippen molar-refractivity contribution in [3.8, 4) is 10.7 Å². The fourth-order valence-corrected chi connectivity index (χ4v) is 4.58. The molecule has 128 valence electrons. The minimum atomic E-state index is -0.314. The number of likely N-dealkylation sites (tertiary alicyclic amines) is 1. The van der Waals surface area contributed by atoms with Gasteiger partial charge in [-0.15, -0.1) is 16.4 Å². The number of aromatic nitrogens is 3. The first-order valence-corrected chi connectivity index (χ1v) is 10.0. The highest BCUT2D eigenvalue weighted by Gasteiger charge is 2.29. The minimum absolute atomic E-state index is 0.149. The van der Waals surface area contributed by atoms with Crippen molar-refractivity contribution >= 4 is 29.0 Å². The van der Waals surface area contributed by atoms with Gasteiger partial charge < -0.3 is 4.90 Å². The number of aromatic amines is 1. The van der Waals surface area contributed by atoms with Crippen molar-refractivity contribution in [2.45, 2.75) is 23.2 Å². The monoisotopic (exact) mass is 370 g/mol. The topological polar surface area (TPSA) is 61.9 Å². The molecule has 0 spiro atoms. The van der Waals surface area contributed by atoms with Crippen LogP contribution in [-0.4, -0.2) is 39.1 Å². The van der Waals surface area contributed by atoms with Crippen LogP contribution in [0.5, 0.6) is 0 Å². The number of nitrogens with one attached hydrogen (secondary N) is 1. The molecule has 1 aromatic carbocycles. The summed E-state index contributed by atoms with van der Waals surface area (Å²) in [5, 5.41) is 9.58.